The first-order chi connectivity index (χ1) is 11.3. The molecule has 5 nitrogen and oxygen atoms in total. The molecule has 4 rings (SSSR count). The Hall–Kier alpha value is -1.85. The van der Waals surface area contributed by atoms with Crippen LogP contribution in [0.15, 0.2) is 27.4 Å². The van der Waals surface area contributed by atoms with E-state index in [9.17, 15) is 4.79 Å². The van der Waals surface area contributed by atoms with Crippen LogP contribution in [0.4, 0.5) is 0 Å². The molecule has 0 bridgehead atoms. The van der Waals surface area contributed by atoms with Gasteiger partial charge in [0.1, 0.15) is 11.3 Å². The average molecular weight is 315 g/mol. The van der Waals surface area contributed by atoms with Crippen molar-refractivity contribution in [2.45, 2.75) is 19.3 Å². The highest BCUT2D eigenvalue weighted by molar-refractivity contribution is 5.83. The lowest BCUT2D eigenvalue weighted by molar-refractivity contribution is 0.102. The van der Waals surface area contributed by atoms with Gasteiger partial charge >= 0.3 is 5.63 Å². The molecule has 0 spiro atoms. The molecule has 1 aliphatic carbocycles. The van der Waals surface area contributed by atoms with Crippen molar-refractivity contribution < 1.29 is 13.9 Å². The fourth-order valence-corrected chi connectivity index (χ4v) is 3.43. The zero-order valence-electron chi connectivity index (χ0n) is 13.1. The highest BCUT2D eigenvalue weighted by atomic mass is 16.5. The number of ether oxygens (including phenoxy) is 2. The van der Waals surface area contributed by atoms with Gasteiger partial charge in [-0.1, -0.05) is 0 Å². The Labute approximate surface area is 134 Å². The van der Waals surface area contributed by atoms with Crippen molar-refractivity contribution in [2.75, 3.05) is 32.9 Å². The maximum absolute atomic E-state index is 12.0. The van der Waals surface area contributed by atoms with E-state index >= 15 is 0 Å². The van der Waals surface area contributed by atoms with Crippen LogP contribution in [-0.4, -0.2) is 32.9 Å². The zero-order chi connectivity index (χ0) is 15.6. The minimum Gasteiger partial charge on any atom is -0.493 e. The predicted octanol–water partition coefficient (Wildman–Crippen LogP) is 1.90. The van der Waals surface area contributed by atoms with Crippen LogP contribution in [0.25, 0.3) is 11.0 Å². The molecule has 0 amide bonds. The van der Waals surface area contributed by atoms with E-state index in [4.69, 9.17) is 13.9 Å². The Bertz CT molecular complexity index is 759. The zero-order valence-corrected chi connectivity index (χ0v) is 13.1. The monoisotopic (exact) mass is 315 g/mol. The topological polar surface area (TPSA) is 60.7 Å². The summed E-state index contributed by atoms with van der Waals surface area (Å²) in [6, 6.07) is 5.72. The van der Waals surface area contributed by atoms with Gasteiger partial charge in [-0.2, -0.15) is 0 Å². The number of hydrogen-bond donors (Lipinski definition) is 1. The molecule has 1 fully saturated rings. The third-order valence-electron chi connectivity index (χ3n) is 4.64. The first-order valence-corrected chi connectivity index (χ1v) is 8.31. The maximum atomic E-state index is 12.0. The van der Waals surface area contributed by atoms with Crippen molar-refractivity contribution in [3.05, 3.63) is 39.7 Å². The van der Waals surface area contributed by atoms with E-state index in [1.807, 2.05) is 18.2 Å². The molecule has 1 aromatic heterocycles. The molecule has 23 heavy (non-hydrogen) atoms. The number of hydrogen-bond acceptors (Lipinski definition) is 5. The van der Waals surface area contributed by atoms with Crippen LogP contribution in [0.3, 0.4) is 0 Å². The SMILES string of the molecule is O=c1oc2ccc(OCC3CNCCOC3)cc2c2c1CCC2. The molecule has 1 unspecified atom stereocenters. The van der Waals surface area contributed by atoms with Crippen molar-refractivity contribution in [2.24, 2.45) is 5.92 Å². The second-order valence-electron chi connectivity index (χ2n) is 6.31. The molecule has 1 atom stereocenters. The summed E-state index contributed by atoms with van der Waals surface area (Å²) in [5.74, 6) is 1.18. The maximum Gasteiger partial charge on any atom is 0.339 e. The predicted molar refractivity (Wildman–Crippen MR) is 87.2 cm³/mol. The first kappa shape index (κ1) is 14.7. The van der Waals surface area contributed by atoms with Gasteiger partial charge in [0.2, 0.25) is 0 Å². The van der Waals surface area contributed by atoms with Crippen LogP contribution in [0.2, 0.25) is 0 Å². The van der Waals surface area contributed by atoms with Crippen molar-refractivity contribution in [3.63, 3.8) is 0 Å². The molecule has 2 heterocycles. The summed E-state index contributed by atoms with van der Waals surface area (Å²) in [6.07, 6.45) is 2.79. The highest BCUT2D eigenvalue weighted by Gasteiger charge is 2.20. The first-order valence-electron chi connectivity index (χ1n) is 8.31. The van der Waals surface area contributed by atoms with Crippen molar-refractivity contribution in [1.82, 2.24) is 5.32 Å². The number of rotatable bonds is 3. The Morgan fingerprint density at radius 2 is 2.17 bits per heavy atom. The summed E-state index contributed by atoms with van der Waals surface area (Å²) in [4.78, 5) is 12.0. The molecular weight excluding hydrogens is 294 g/mol. The van der Waals surface area contributed by atoms with Crippen molar-refractivity contribution in [1.29, 1.82) is 0 Å². The molecule has 0 saturated carbocycles. The highest BCUT2D eigenvalue weighted by Crippen LogP contribution is 2.30. The van der Waals surface area contributed by atoms with Gasteiger partial charge < -0.3 is 19.2 Å². The molecular formula is C18H21NO4. The van der Waals surface area contributed by atoms with Gasteiger partial charge in [-0.15, -0.1) is 0 Å². The Morgan fingerprint density at radius 3 is 3.13 bits per heavy atom. The third-order valence-corrected chi connectivity index (χ3v) is 4.64. The fraction of sp³-hybridized carbons (Fsp3) is 0.500. The van der Waals surface area contributed by atoms with Gasteiger partial charge in [0, 0.05) is 30.0 Å². The third kappa shape index (κ3) is 2.99. The van der Waals surface area contributed by atoms with Gasteiger partial charge in [-0.05, 0) is 43.0 Å². The van der Waals surface area contributed by atoms with Gasteiger partial charge in [0.15, 0.2) is 0 Å². The summed E-state index contributed by atoms with van der Waals surface area (Å²) >= 11 is 0. The van der Waals surface area contributed by atoms with Crippen LogP contribution in [0.5, 0.6) is 5.75 Å². The summed E-state index contributed by atoms with van der Waals surface area (Å²) < 4.78 is 16.9. The largest absolute Gasteiger partial charge is 0.493 e. The van der Waals surface area contributed by atoms with Gasteiger partial charge in [0.05, 0.1) is 19.8 Å². The van der Waals surface area contributed by atoms with E-state index in [0.717, 1.165) is 67.8 Å². The lowest BCUT2D eigenvalue weighted by Crippen LogP contribution is -2.27. The standard InChI is InChI=1S/C18H21NO4/c20-18-15-3-1-2-14(15)16-8-13(4-5-17(16)23-18)22-11-12-9-19-6-7-21-10-12/h4-5,8,12,19H,1-3,6-7,9-11H2. The number of aryl methyl sites for hydroxylation is 1. The van der Waals surface area contributed by atoms with Crippen molar-refractivity contribution >= 4 is 11.0 Å². The summed E-state index contributed by atoms with van der Waals surface area (Å²) in [7, 11) is 0. The molecule has 5 heteroatoms. The lowest BCUT2D eigenvalue weighted by Gasteiger charge is -2.15. The summed E-state index contributed by atoms with van der Waals surface area (Å²) in [6.45, 7) is 3.93. The Kier molecular flexibility index (Phi) is 4.06. The normalized spacial score (nSPS) is 21.1. The van der Waals surface area contributed by atoms with E-state index in [2.05, 4.69) is 5.32 Å². The minimum atomic E-state index is -0.180. The quantitative estimate of drug-likeness (QED) is 0.877. The van der Waals surface area contributed by atoms with Gasteiger partial charge in [0.25, 0.3) is 0 Å². The second kappa shape index (κ2) is 6.34. The summed E-state index contributed by atoms with van der Waals surface area (Å²) in [5.41, 5.74) is 2.46. The van der Waals surface area contributed by atoms with E-state index in [1.165, 1.54) is 0 Å². The van der Waals surface area contributed by atoms with Crippen LogP contribution >= 0.6 is 0 Å². The summed E-state index contributed by atoms with van der Waals surface area (Å²) in [5, 5.41) is 4.37. The molecule has 1 aromatic carbocycles. The van der Waals surface area contributed by atoms with Crippen molar-refractivity contribution in [3.8, 4) is 5.75 Å². The molecule has 1 aliphatic heterocycles. The number of nitrogens with one attached hydrogen (secondary N) is 1. The van der Waals surface area contributed by atoms with E-state index in [1.54, 1.807) is 0 Å². The second-order valence-corrected chi connectivity index (χ2v) is 6.31. The van der Waals surface area contributed by atoms with E-state index < -0.39 is 0 Å². The molecule has 2 aliphatic rings. The molecule has 122 valence electrons. The van der Waals surface area contributed by atoms with Crippen LogP contribution in [-0.2, 0) is 17.6 Å². The van der Waals surface area contributed by atoms with Crippen LogP contribution in [0, 0.1) is 5.92 Å². The fourth-order valence-electron chi connectivity index (χ4n) is 3.43. The van der Waals surface area contributed by atoms with Gasteiger partial charge in [-0.25, -0.2) is 4.79 Å². The van der Waals surface area contributed by atoms with E-state index in [0.29, 0.717) is 18.1 Å². The molecule has 1 saturated heterocycles. The number of benzene rings is 1. The van der Waals surface area contributed by atoms with Gasteiger partial charge in [-0.3, -0.25) is 0 Å². The number of fused-ring (bicyclic) bond motifs is 3. The molecule has 1 N–H and O–H groups in total. The van der Waals surface area contributed by atoms with Crippen LogP contribution in [0.1, 0.15) is 17.5 Å². The lowest BCUT2D eigenvalue weighted by atomic mass is 10.1. The minimum absolute atomic E-state index is 0.180. The Balaban J connectivity index is 1.56. The Morgan fingerprint density at radius 1 is 1.26 bits per heavy atom. The van der Waals surface area contributed by atoms with E-state index in [-0.39, 0.29) is 5.63 Å². The van der Waals surface area contributed by atoms with Crippen LogP contribution < -0.4 is 15.7 Å². The average Bonchev–Trinajstić information content (AvgIpc) is 2.92. The molecule has 0 radical (unpaired) electrons. The molecule has 2 aromatic rings. The smallest absolute Gasteiger partial charge is 0.339 e.